The molecule has 0 saturated carbocycles. The van der Waals surface area contributed by atoms with Gasteiger partial charge in [0.1, 0.15) is 11.1 Å². The van der Waals surface area contributed by atoms with Crippen LogP contribution in [0.5, 0.6) is 0 Å². The van der Waals surface area contributed by atoms with Gasteiger partial charge in [0.05, 0.1) is 16.9 Å². The van der Waals surface area contributed by atoms with Crippen LogP contribution in [0.15, 0.2) is 150 Å². The quantitative estimate of drug-likeness (QED) is 0.183. The van der Waals surface area contributed by atoms with Crippen LogP contribution in [-0.2, 0) is 5.41 Å². The number of furan rings is 1. The Morgan fingerprint density at radius 1 is 0.643 bits per heavy atom. The minimum absolute atomic E-state index is 0.0701. The van der Waals surface area contributed by atoms with Crippen molar-refractivity contribution in [1.29, 1.82) is 0 Å². The van der Waals surface area contributed by atoms with Crippen LogP contribution in [0.4, 0.5) is 0 Å². The molecule has 7 aromatic carbocycles. The molecule has 0 N–H and O–H groups in total. The Hall–Kier alpha value is -6.78. The first kappa shape index (κ1) is 31.6. The average Bonchev–Trinajstić information content (AvgIpc) is 3.86. The summed E-state index contributed by atoms with van der Waals surface area (Å²) < 4.78 is 9.18. The molecule has 0 spiro atoms. The SMILES string of the molecule is CC1CC=Cc2c(-c3ccc4ccccc4c3)nc(-n3c4ccccc4c4c(-c5ccc6c(c5)-c5ccccc5C6(C)C)cc5c6ccccc6oc5c43)nc21. The molecule has 12 rings (SSSR count). The van der Waals surface area contributed by atoms with Crippen LogP contribution in [-0.4, -0.2) is 14.5 Å². The number of hydrogen-bond donors (Lipinski definition) is 0. The van der Waals surface area contributed by atoms with Crippen molar-refractivity contribution in [2.75, 3.05) is 0 Å². The molecular formula is C52H37N3O. The molecule has 266 valence electrons. The Labute approximate surface area is 324 Å². The fourth-order valence-electron chi connectivity index (χ4n) is 9.82. The highest BCUT2D eigenvalue weighted by atomic mass is 16.3. The Morgan fingerprint density at radius 3 is 2.30 bits per heavy atom. The summed E-state index contributed by atoms with van der Waals surface area (Å²) in [7, 11) is 0. The molecule has 0 saturated heterocycles. The summed E-state index contributed by atoms with van der Waals surface area (Å²) in [5.41, 5.74) is 15.6. The predicted molar refractivity (Wildman–Crippen MR) is 232 cm³/mol. The van der Waals surface area contributed by atoms with Crippen molar-refractivity contribution in [1.82, 2.24) is 14.5 Å². The van der Waals surface area contributed by atoms with Gasteiger partial charge in [-0.3, -0.25) is 4.57 Å². The summed E-state index contributed by atoms with van der Waals surface area (Å²) in [6.45, 7) is 6.96. The Kier molecular flexibility index (Phi) is 6.41. The number of rotatable bonds is 3. The fraction of sp³-hybridized carbons (Fsp3) is 0.115. The number of benzene rings is 7. The van der Waals surface area contributed by atoms with E-state index in [1.54, 1.807) is 0 Å². The average molecular weight is 720 g/mol. The van der Waals surface area contributed by atoms with Gasteiger partial charge in [0.25, 0.3) is 0 Å². The highest BCUT2D eigenvalue weighted by Gasteiger charge is 2.35. The minimum atomic E-state index is -0.0701. The maximum atomic E-state index is 6.91. The van der Waals surface area contributed by atoms with Gasteiger partial charge in [0.15, 0.2) is 5.58 Å². The first-order chi connectivity index (χ1) is 27.4. The highest BCUT2D eigenvalue weighted by molar-refractivity contribution is 6.26. The molecule has 3 heterocycles. The van der Waals surface area contributed by atoms with E-state index in [1.165, 1.54) is 44.2 Å². The Balaban J connectivity index is 1.21. The molecule has 10 aromatic rings. The van der Waals surface area contributed by atoms with Gasteiger partial charge in [-0.1, -0.05) is 142 Å². The molecule has 0 fully saturated rings. The van der Waals surface area contributed by atoms with E-state index < -0.39 is 0 Å². The fourth-order valence-corrected chi connectivity index (χ4v) is 9.82. The molecule has 4 heteroatoms. The van der Waals surface area contributed by atoms with Crippen molar-refractivity contribution in [3.63, 3.8) is 0 Å². The lowest BCUT2D eigenvalue weighted by Crippen LogP contribution is -2.14. The largest absolute Gasteiger partial charge is 0.454 e. The number of allylic oxidation sites excluding steroid dienone is 1. The van der Waals surface area contributed by atoms with Crippen LogP contribution in [0, 0.1) is 0 Å². The van der Waals surface area contributed by atoms with E-state index in [-0.39, 0.29) is 11.3 Å². The maximum absolute atomic E-state index is 6.91. The van der Waals surface area contributed by atoms with E-state index in [4.69, 9.17) is 14.4 Å². The Bertz CT molecular complexity index is 3340. The van der Waals surface area contributed by atoms with Gasteiger partial charge in [0.2, 0.25) is 5.95 Å². The second-order valence-electron chi connectivity index (χ2n) is 16.2. The standard InChI is InChI=1S/C52H37N3O/c1-30-13-12-19-38-47(30)53-51(54-48(38)34-24-23-31-14-4-5-15-32(31)27-34)55-44-21-10-7-18-37(44)46-39(29-41-36-17-8-11-22-45(36)56-50(41)49(46)55)33-25-26-43-40(28-33)35-16-6-9-20-42(35)52(43,2)3/h4-12,14-30H,13H2,1-3H3. The summed E-state index contributed by atoms with van der Waals surface area (Å²) in [5, 5.41) is 6.86. The van der Waals surface area contributed by atoms with Crippen molar-refractivity contribution < 1.29 is 4.42 Å². The van der Waals surface area contributed by atoms with Crippen molar-refractivity contribution in [3.05, 3.63) is 168 Å². The van der Waals surface area contributed by atoms with Crippen LogP contribution in [0.2, 0.25) is 0 Å². The normalized spacial score (nSPS) is 15.6. The van der Waals surface area contributed by atoms with Gasteiger partial charge in [-0.25, -0.2) is 9.97 Å². The number of fused-ring (bicyclic) bond motifs is 12. The monoisotopic (exact) mass is 719 g/mol. The van der Waals surface area contributed by atoms with Crippen LogP contribution in [0.25, 0.3) is 100 Å². The lowest BCUT2D eigenvalue weighted by Gasteiger charge is -2.21. The van der Waals surface area contributed by atoms with Gasteiger partial charge in [-0.15, -0.1) is 0 Å². The van der Waals surface area contributed by atoms with Gasteiger partial charge < -0.3 is 4.42 Å². The zero-order valence-corrected chi connectivity index (χ0v) is 31.5. The molecule has 3 aromatic heterocycles. The molecule has 1 unspecified atom stereocenters. The second kappa shape index (κ2) is 11.4. The van der Waals surface area contributed by atoms with Crippen LogP contribution >= 0.6 is 0 Å². The van der Waals surface area contributed by atoms with Crippen molar-refractivity contribution in [2.24, 2.45) is 0 Å². The van der Waals surface area contributed by atoms with Crippen LogP contribution < -0.4 is 0 Å². The molecule has 0 amide bonds. The number of aromatic nitrogens is 3. The van der Waals surface area contributed by atoms with Gasteiger partial charge in [-0.05, 0) is 80.9 Å². The smallest absolute Gasteiger partial charge is 0.235 e. The van der Waals surface area contributed by atoms with E-state index in [0.717, 1.165) is 72.7 Å². The summed E-state index contributed by atoms with van der Waals surface area (Å²) in [4.78, 5) is 11.0. The third kappa shape index (κ3) is 4.30. The van der Waals surface area contributed by atoms with Crippen LogP contribution in [0.1, 0.15) is 55.5 Å². The van der Waals surface area contributed by atoms with Gasteiger partial charge >= 0.3 is 0 Å². The van der Waals surface area contributed by atoms with E-state index >= 15 is 0 Å². The zero-order chi connectivity index (χ0) is 37.3. The molecule has 0 aliphatic heterocycles. The predicted octanol–water partition coefficient (Wildman–Crippen LogP) is 13.8. The third-order valence-corrected chi connectivity index (χ3v) is 12.6. The number of para-hydroxylation sites is 2. The summed E-state index contributed by atoms with van der Waals surface area (Å²) >= 11 is 0. The van der Waals surface area contributed by atoms with E-state index in [2.05, 4.69) is 177 Å². The summed E-state index contributed by atoms with van der Waals surface area (Å²) in [6, 6.07) is 50.6. The first-order valence-corrected chi connectivity index (χ1v) is 19.6. The molecule has 56 heavy (non-hydrogen) atoms. The topological polar surface area (TPSA) is 43.9 Å². The van der Waals surface area contributed by atoms with E-state index in [9.17, 15) is 0 Å². The molecular weight excluding hydrogens is 683 g/mol. The Morgan fingerprint density at radius 2 is 1.39 bits per heavy atom. The second-order valence-corrected chi connectivity index (χ2v) is 16.2. The molecule has 1 atom stereocenters. The zero-order valence-electron chi connectivity index (χ0n) is 31.5. The summed E-state index contributed by atoms with van der Waals surface area (Å²) in [5.74, 6) is 0.896. The van der Waals surface area contributed by atoms with E-state index in [1.807, 2.05) is 0 Å². The van der Waals surface area contributed by atoms with Gasteiger partial charge in [0, 0.05) is 44.0 Å². The highest BCUT2D eigenvalue weighted by Crippen LogP contribution is 2.51. The first-order valence-electron chi connectivity index (χ1n) is 19.6. The molecule has 4 nitrogen and oxygen atoms in total. The van der Waals surface area contributed by atoms with Crippen molar-refractivity contribution >= 4 is 60.6 Å². The third-order valence-electron chi connectivity index (χ3n) is 12.6. The number of nitrogens with zero attached hydrogens (tertiary/aromatic N) is 3. The van der Waals surface area contributed by atoms with Crippen molar-refractivity contribution in [3.8, 4) is 39.5 Å². The van der Waals surface area contributed by atoms with E-state index in [0.29, 0.717) is 5.95 Å². The van der Waals surface area contributed by atoms with Crippen molar-refractivity contribution in [2.45, 2.75) is 38.5 Å². The lowest BCUT2D eigenvalue weighted by atomic mass is 9.82. The summed E-state index contributed by atoms with van der Waals surface area (Å²) in [6.07, 6.45) is 5.42. The van der Waals surface area contributed by atoms with Crippen LogP contribution in [0.3, 0.4) is 0 Å². The minimum Gasteiger partial charge on any atom is -0.454 e. The molecule has 0 bridgehead atoms. The number of hydrogen-bond acceptors (Lipinski definition) is 3. The van der Waals surface area contributed by atoms with Gasteiger partial charge in [-0.2, -0.15) is 0 Å². The maximum Gasteiger partial charge on any atom is 0.235 e. The molecule has 2 aliphatic carbocycles. The lowest BCUT2D eigenvalue weighted by molar-refractivity contribution is 0.660. The molecule has 2 aliphatic rings. The molecule has 0 radical (unpaired) electrons.